The highest BCUT2D eigenvalue weighted by Gasteiger charge is 1.91. The van der Waals surface area contributed by atoms with Crippen LogP contribution in [0.5, 0.6) is 0 Å². The molecule has 1 rings (SSSR count). The lowest BCUT2D eigenvalue weighted by Crippen LogP contribution is -2.21. The van der Waals surface area contributed by atoms with E-state index in [0.29, 0.717) is 0 Å². The molecule has 32 valence electrons. The third-order valence-corrected chi connectivity index (χ3v) is 0.729. The molecule has 0 radical (unpaired) electrons. The van der Waals surface area contributed by atoms with Crippen LogP contribution >= 0.6 is 0 Å². The normalized spacial score (nSPS) is 24.0. The molecule has 0 atom stereocenters. The van der Waals surface area contributed by atoms with Crippen LogP contribution in [0.4, 0.5) is 0 Å². The first-order chi connectivity index (χ1) is 2.50. The quantitative estimate of drug-likeness (QED) is 0.413. The standard InChI is InChI=1S/C3H8N2.H2/c1-2-4-5-3-1;/h4-5H,1-3H2;1H. The van der Waals surface area contributed by atoms with Crippen molar-refractivity contribution in [2.45, 2.75) is 6.42 Å². The smallest absolute Gasteiger partial charge is 0.0112 e. The Balaban J connectivity index is 0.000000250. The van der Waals surface area contributed by atoms with E-state index in [-0.39, 0.29) is 1.43 Å². The Morgan fingerprint density at radius 3 is 2.00 bits per heavy atom. The summed E-state index contributed by atoms with van der Waals surface area (Å²) in [6, 6.07) is 0. The van der Waals surface area contributed by atoms with Crippen molar-refractivity contribution in [3.8, 4) is 0 Å². The highest BCUT2D eigenvalue weighted by molar-refractivity contribution is 4.51. The van der Waals surface area contributed by atoms with Crippen molar-refractivity contribution in [2.24, 2.45) is 0 Å². The van der Waals surface area contributed by atoms with Crippen molar-refractivity contribution in [3.63, 3.8) is 0 Å². The Bertz CT molecular complexity index is 20.4. The SMILES string of the molecule is C1CNNC1.[HH]. The van der Waals surface area contributed by atoms with E-state index in [2.05, 4.69) is 10.9 Å². The van der Waals surface area contributed by atoms with Gasteiger partial charge in [-0.1, -0.05) is 0 Å². The predicted octanol–water partition coefficient (Wildman–Crippen LogP) is -0.270. The van der Waals surface area contributed by atoms with E-state index in [9.17, 15) is 0 Å². The molecule has 0 aromatic rings. The number of hydrazine groups is 1. The number of hydrogen-bond donors (Lipinski definition) is 2. The summed E-state index contributed by atoms with van der Waals surface area (Å²) in [4.78, 5) is 0. The van der Waals surface area contributed by atoms with Crippen molar-refractivity contribution < 1.29 is 1.43 Å². The van der Waals surface area contributed by atoms with Gasteiger partial charge in [-0.25, -0.2) is 0 Å². The first-order valence-corrected chi connectivity index (χ1v) is 1.96. The molecule has 0 unspecified atom stereocenters. The first kappa shape index (κ1) is 3.12. The van der Waals surface area contributed by atoms with E-state index >= 15 is 0 Å². The van der Waals surface area contributed by atoms with Gasteiger partial charge in [0.05, 0.1) is 0 Å². The third-order valence-electron chi connectivity index (χ3n) is 0.729. The lowest BCUT2D eigenvalue weighted by atomic mass is 10.5. The Labute approximate surface area is 33.0 Å². The Kier molecular flexibility index (Phi) is 0.862. The van der Waals surface area contributed by atoms with Crippen LogP contribution in [-0.2, 0) is 0 Å². The molecule has 1 aliphatic heterocycles. The number of nitrogens with one attached hydrogen (secondary N) is 2. The van der Waals surface area contributed by atoms with Crippen molar-refractivity contribution in [3.05, 3.63) is 0 Å². The molecule has 1 heterocycles. The fourth-order valence-electron chi connectivity index (χ4n) is 0.442. The zero-order chi connectivity index (χ0) is 3.54. The Morgan fingerprint density at radius 1 is 1.20 bits per heavy atom. The lowest BCUT2D eigenvalue weighted by Gasteiger charge is -1.81. The predicted molar refractivity (Wildman–Crippen MR) is 22.7 cm³/mol. The zero-order valence-electron chi connectivity index (χ0n) is 3.12. The molecule has 2 nitrogen and oxygen atoms in total. The van der Waals surface area contributed by atoms with Gasteiger partial charge in [0, 0.05) is 14.5 Å². The fourth-order valence-corrected chi connectivity index (χ4v) is 0.442. The summed E-state index contributed by atoms with van der Waals surface area (Å²) in [6.45, 7) is 2.28. The minimum atomic E-state index is 0. The third kappa shape index (κ3) is 0.597. The first-order valence-electron chi connectivity index (χ1n) is 1.96. The summed E-state index contributed by atoms with van der Waals surface area (Å²) < 4.78 is 0. The highest BCUT2D eigenvalue weighted by Crippen LogP contribution is 1.74. The van der Waals surface area contributed by atoms with Gasteiger partial charge in [-0.15, -0.1) is 0 Å². The van der Waals surface area contributed by atoms with Gasteiger partial charge in [0.15, 0.2) is 0 Å². The highest BCUT2D eigenvalue weighted by atomic mass is 15.4. The topological polar surface area (TPSA) is 24.1 Å². The Hall–Kier alpha value is -0.0800. The summed E-state index contributed by atoms with van der Waals surface area (Å²) in [7, 11) is 0. The average molecular weight is 74.1 g/mol. The molecule has 0 bridgehead atoms. The van der Waals surface area contributed by atoms with Crippen LogP contribution in [0.2, 0.25) is 0 Å². The van der Waals surface area contributed by atoms with Crippen LogP contribution in [0.1, 0.15) is 7.85 Å². The number of hydrogen-bond acceptors (Lipinski definition) is 2. The molecule has 2 N–H and O–H groups in total. The summed E-state index contributed by atoms with van der Waals surface area (Å²) in [6.07, 6.45) is 1.28. The van der Waals surface area contributed by atoms with Gasteiger partial charge in [0.1, 0.15) is 0 Å². The Morgan fingerprint density at radius 2 is 1.80 bits per heavy atom. The summed E-state index contributed by atoms with van der Waals surface area (Å²) in [5.74, 6) is 0. The molecule has 0 aliphatic carbocycles. The van der Waals surface area contributed by atoms with E-state index in [0.717, 1.165) is 13.1 Å². The molecule has 2 heteroatoms. The maximum Gasteiger partial charge on any atom is 0.0112 e. The lowest BCUT2D eigenvalue weighted by molar-refractivity contribution is 0.689. The van der Waals surface area contributed by atoms with Gasteiger partial charge in [0.2, 0.25) is 0 Å². The van der Waals surface area contributed by atoms with E-state index < -0.39 is 0 Å². The van der Waals surface area contributed by atoms with E-state index in [1.165, 1.54) is 6.42 Å². The second-order valence-electron chi connectivity index (χ2n) is 1.21. The molecule has 0 amide bonds. The van der Waals surface area contributed by atoms with Gasteiger partial charge in [0.25, 0.3) is 0 Å². The van der Waals surface area contributed by atoms with Crippen LogP contribution in [-0.4, -0.2) is 13.1 Å². The van der Waals surface area contributed by atoms with Gasteiger partial charge >= 0.3 is 0 Å². The second-order valence-corrected chi connectivity index (χ2v) is 1.21. The van der Waals surface area contributed by atoms with Crippen LogP contribution in [0.15, 0.2) is 0 Å². The molecular weight excluding hydrogens is 64.0 g/mol. The molecule has 0 saturated carbocycles. The van der Waals surface area contributed by atoms with Crippen molar-refractivity contribution >= 4 is 0 Å². The molecule has 0 aromatic heterocycles. The maximum atomic E-state index is 2.97. The van der Waals surface area contributed by atoms with Crippen molar-refractivity contribution in [2.75, 3.05) is 13.1 Å². The average Bonchev–Trinajstić information content (AvgIpc) is 1.76. The van der Waals surface area contributed by atoms with E-state index in [4.69, 9.17) is 0 Å². The summed E-state index contributed by atoms with van der Waals surface area (Å²) >= 11 is 0. The van der Waals surface area contributed by atoms with Gasteiger partial charge in [-0.3, -0.25) is 10.9 Å². The van der Waals surface area contributed by atoms with Crippen LogP contribution in [0.3, 0.4) is 0 Å². The molecule has 1 fully saturated rings. The summed E-state index contributed by atoms with van der Waals surface area (Å²) in [5, 5.41) is 0. The van der Waals surface area contributed by atoms with Crippen LogP contribution < -0.4 is 10.9 Å². The van der Waals surface area contributed by atoms with E-state index in [1.807, 2.05) is 0 Å². The molecule has 0 aromatic carbocycles. The van der Waals surface area contributed by atoms with Crippen molar-refractivity contribution in [1.29, 1.82) is 0 Å². The monoisotopic (exact) mass is 74.1 g/mol. The summed E-state index contributed by atoms with van der Waals surface area (Å²) in [5.41, 5.74) is 5.94. The molecule has 1 saturated heterocycles. The molecule has 0 spiro atoms. The van der Waals surface area contributed by atoms with Gasteiger partial charge in [-0.2, -0.15) is 0 Å². The molecule has 5 heavy (non-hydrogen) atoms. The van der Waals surface area contributed by atoms with Crippen molar-refractivity contribution in [1.82, 2.24) is 10.9 Å². The molecule has 1 aliphatic rings. The van der Waals surface area contributed by atoms with Crippen LogP contribution in [0, 0.1) is 0 Å². The minimum Gasteiger partial charge on any atom is -0.258 e. The zero-order valence-corrected chi connectivity index (χ0v) is 3.12. The minimum absolute atomic E-state index is 0. The molecular formula is C3H10N2. The van der Waals surface area contributed by atoms with Crippen LogP contribution in [0.25, 0.3) is 0 Å². The van der Waals surface area contributed by atoms with Gasteiger partial charge in [-0.05, 0) is 6.42 Å². The maximum absolute atomic E-state index is 2.97. The van der Waals surface area contributed by atoms with E-state index in [1.54, 1.807) is 0 Å². The largest absolute Gasteiger partial charge is 0.258 e. The van der Waals surface area contributed by atoms with Gasteiger partial charge < -0.3 is 0 Å². The second kappa shape index (κ2) is 1.38. The number of rotatable bonds is 0. The fraction of sp³-hybridized carbons (Fsp3) is 1.00.